The summed E-state index contributed by atoms with van der Waals surface area (Å²) in [6.07, 6.45) is 4.28. The van der Waals surface area contributed by atoms with Gasteiger partial charge in [-0.3, -0.25) is 14.4 Å². The summed E-state index contributed by atoms with van der Waals surface area (Å²) in [6.45, 7) is 9.65. The molecule has 0 aromatic heterocycles. The van der Waals surface area contributed by atoms with Crippen molar-refractivity contribution in [1.82, 2.24) is 0 Å². The first-order chi connectivity index (χ1) is 14.5. The lowest BCUT2D eigenvalue weighted by Crippen LogP contribution is -2.33. The molecule has 170 valence electrons. The first-order valence-corrected chi connectivity index (χ1v) is 10.8. The maximum absolute atomic E-state index is 13.0. The summed E-state index contributed by atoms with van der Waals surface area (Å²) in [5, 5.41) is 10.2. The van der Waals surface area contributed by atoms with E-state index in [-0.39, 0.29) is 23.0 Å². The van der Waals surface area contributed by atoms with Gasteiger partial charge in [0.05, 0.1) is 12.7 Å². The number of hydrogen-bond acceptors (Lipinski definition) is 6. The van der Waals surface area contributed by atoms with Gasteiger partial charge in [-0.15, -0.1) is 0 Å². The van der Waals surface area contributed by atoms with Crippen LogP contribution in [0.5, 0.6) is 11.5 Å². The molecule has 0 amide bonds. The van der Waals surface area contributed by atoms with Crippen LogP contribution in [0, 0.1) is 17.8 Å². The number of Topliss-reactive ketones (excluding diaryl/α,β-unsaturated/α-hetero) is 1. The molecule has 1 aromatic carbocycles. The number of phenolic OH excluding ortho intramolecular Hbond substituents is 1. The summed E-state index contributed by atoms with van der Waals surface area (Å²) in [6, 6.07) is 4.40. The molecule has 1 aliphatic heterocycles. The molecule has 1 fully saturated rings. The highest BCUT2D eigenvalue weighted by Gasteiger charge is 2.53. The lowest BCUT2D eigenvalue weighted by Gasteiger charge is -2.28. The summed E-state index contributed by atoms with van der Waals surface area (Å²) in [7, 11) is 1.47. The van der Waals surface area contributed by atoms with Crippen LogP contribution in [0.4, 0.5) is 0 Å². The molecule has 1 aliphatic rings. The molecule has 1 N–H and O–H groups in total. The third-order valence-corrected chi connectivity index (χ3v) is 6.06. The van der Waals surface area contributed by atoms with E-state index in [0.29, 0.717) is 24.5 Å². The second-order valence-corrected chi connectivity index (χ2v) is 9.16. The van der Waals surface area contributed by atoms with Crippen LogP contribution in [-0.2, 0) is 14.3 Å². The molecular weight excluding hydrogens is 396 g/mol. The molecule has 3 atom stereocenters. The molecule has 31 heavy (non-hydrogen) atoms. The quantitative estimate of drug-likeness (QED) is 0.246. The summed E-state index contributed by atoms with van der Waals surface area (Å²) in [4.78, 5) is 37.6. The number of carbonyl (C=O) groups is 3. The Morgan fingerprint density at radius 1 is 1.32 bits per heavy atom. The number of aromatic hydroxyl groups is 1. The fourth-order valence-electron chi connectivity index (χ4n) is 4.10. The van der Waals surface area contributed by atoms with Crippen LogP contribution in [0.3, 0.4) is 0 Å². The van der Waals surface area contributed by atoms with Gasteiger partial charge >= 0.3 is 5.97 Å². The summed E-state index contributed by atoms with van der Waals surface area (Å²) < 4.78 is 10.7. The van der Waals surface area contributed by atoms with Crippen molar-refractivity contribution in [3.05, 3.63) is 35.4 Å². The Labute approximate surface area is 184 Å². The van der Waals surface area contributed by atoms with Gasteiger partial charge in [0.15, 0.2) is 11.6 Å². The molecule has 0 saturated carbocycles. The minimum Gasteiger partial charge on any atom is -0.507 e. The lowest BCUT2D eigenvalue weighted by molar-refractivity contribution is -0.149. The van der Waals surface area contributed by atoms with Crippen LogP contribution in [0.15, 0.2) is 29.8 Å². The number of phenols is 1. The van der Waals surface area contributed by atoms with Crippen LogP contribution in [0.25, 0.3) is 0 Å². The highest BCUT2D eigenvalue weighted by molar-refractivity contribution is 6.11. The highest BCUT2D eigenvalue weighted by atomic mass is 16.6. The number of carbonyl (C=O) groups excluding carboxylic acids is 3. The Morgan fingerprint density at radius 2 is 2.00 bits per heavy atom. The summed E-state index contributed by atoms with van der Waals surface area (Å²) >= 11 is 0. The zero-order chi connectivity index (χ0) is 23.3. The third-order valence-electron chi connectivity index (χ3n) is 6.06. The molecule has 6 heteroatoms. The van der Waals surface area contributed by atoms with Crippen molar-refractivity contribution < 1.29 is 29.0 Å². The topological polar surface area (TPSA) is 89.9 Å². The van der Waals surface area contributed by atoms with E-state index in [1.54, 1.807) is 12.1 Å². The summed E-state index contributed by atoms with van der Waals surface area (Å²) in [5.41, 5.74) is 0.310. The van der Waals surface area contributed by atoms with Crippen molar-refractivity contribution in [3.63, 3.8) is 0 Å². The number of allylic oxidation sites excluding steroid dienone is 2. The van der Waals surface area contributed by atoms with Crippen molar-refractivity contribution in [2.45, 2.75) is 65.9 Å². The molecule has 0 radical (unpaired) electrons. The average molecular weight is 431 g/mol. The predicted molar refractivity (Wildman–Crippen MR) is 118 cm³/mol. The van der Waals surface area contributed by atoms with E-state index in [4.69, 9.17) is 9.47 Å². The van der Waals surface area contributed by atoms with E-state index in [2.05, 4.69) is 0 Å². The maximum atomic E-state index is 13.0. The van der Waals surface area contributed by atoms with Crippen LogP contribution in [0.2, 0.25) is 0 Å². The summed E-state index contributed by atoms with van der Waals surface area (Å²) in [5.74, 6) is -1.65. The van der Waals surface area contributed by atoms with Crippen LogP contribution < -0.4 is 4.74 Å². The number of rotatable bonds is 10. The second kappa shape index (κ2) is 10.1. The zero-order valence-corrected chi connectivity index (χ0v) is 19.4. The van der Waals surface area contributed by atoms with E-state index in [9.17, 15) is 19.5 Å². The molecule has 6 nitrogen and oxygen atoms in total. The third kappa shape index (κ3) is 5.96. The van der Waals surface area contributed by atoms with Gasteiger partial charge < -0.3 is 14.6 Å². The van der Waals surface area contributed by atoms with Gasteiger partial charge in [0.25, 0.3) is 0 Å². The SMILES string of the molecule is COc1ccc(C(=O)[C@H]2C(=O)O[C@@](C)(CCCC(C)=CC(=O)CC(C)C)[C@@H]2C)c(O)c1. The molecule has 0 aliphatic carbocycles. The van der Waals surface area contributed by atoms with Gasteiger partial charge in [0, 0.05) is 18.4 Å². The van der Waals surface area contributed by atoms with Crippen molar-refractivity contribution >= 4 is 17.5 Å². The second-order valence-electron chi connectivity index (χ2n) is 9.16. The maximum Gasteiger partial charge on any atom is 0.317 e. The number of methoxy groups -OCH3 is 1. The normalized spacial score (nSPS) is 23.7. The number of ketones is 2. The van der Waals surface area contributed by atoms with E-state index in [0.717, 1.165) is 18.4 Å². The molecule has 2 rings (SSSR count). The van der Waals surface area contributed by atoms with Gasteiger partial charge in [-0.25, -0.2) is 0 Å². The Bertz CT molecular complexity index is 869. The average Bonchev–Trinajstić information content (AvgIpc) is 2.88. The van der Waals surface area contributed by atoms with Gasteiger partial charge in [0.1, 0.15) is 23.0 Å². The minimum atomic E-state index is -0.964. The van der Waals surface area contributed by atoms with Crippen molar-refractivity contribution in [1.29, 1.82) is 0 Å². The van der Waals surface area contributed by atoms with Gasteiger partial charge in [-0.2, -0.15) is 0 Å². The first kappa shape index (κ1) is 24.6. The Morgan fingerprint density at radius 3 is 2.58 bits per heavy atom. The smallest absolute Gasteiger partial charge is 0.317 e. The molecule has 1 saturated heterocycles. The number of ether oxygens (including phenoxy) is 2. The lowest BCUT2D eigenvalue weighted by atomic mass is 9.77. The Balaban J connectivity index is 2.04. The molecule has 0 unspecified atom stereocenters. The monoisotopic (exact) mass is 430 g/mol. The fourth-order valence-corrected chi connectivity index (χ4v) is 4.10. The predicted octanol–water partition coefficient (Wildman–Crippen LogP) is 4.88. The van der Waals surface area contributed by atoms with Gasteiger partial charge in [0.2, 0.25) is 0 Å². The van der Waals surface area contributed by atoms with Crippen LogP contribution >= 0.6 is 0 Å². The van der Waals surface area contributed by atoms with Crippen molar-refractivity contribution in [3.8, 4) is 11.5 Å². The fraction of sp³-hybridized carbons (Fsp3) is 0.560. The van der Waals surface area contributed by atoms with E-state index >= 15 is 0 Å². The van der Waals surface area contributed by atoms with Gasteiger partial charge in [-0.05, 0) is 57.2 Å². The van der Waals surface area contributed by atoms with E-state index < -0.39 is 23.3 Å². The Kier molecular flexibility index (Phi) is 8.04. The molecule has 0 bridgehead atoms. The molecule has 0 spiro atoms. The number of cyclic esters (lactones) is 1. The highest BCUT2D eigenvalue weighted by Crippen LogP contribution is 2.43. The minimum absolute atomic E-state index is 0.0845. The largest absolute Gasteiger partial charge is 0.507 e. The van der Waals surface area contributed by atoms with Crippen LogP contribution in [-0.4, -0.2) is 35.4 Å². The van der Waals surface area contributed by atoms with Crippen molar-refractivity contribution in [2.24, 2.45) is 17.8 Å². The number of esters is 1. The molecule has 1 heterocycles. The first-order valence-electron chi connectivity index (χ1n) is 10.8. The molecule has 1 aromatic rings. The standard InChI is InChI=1S/C25H34O6/c1-15(2)12-18(26)13-16(3)8-7-11-25(5)17(4)22(24(29)31-25)23(28)20-10-9-19(30-6)14-21(20)27/h9-10,13-15,17,22,27H,7-8,11-12H2,1-6H3/t17-,22+,25+/m1/s1. The van der Waals surface area contributed by atoms with Gasteiger partial charge in [-0.1, -0.05) is 26.3 Å². The Hall–Kier alpha value is -2.63. The van der Waals surface area contributed by atoms with Crippen molar-refractivity contribution in [2.75, 3.05) is 7.11 Å². The molecular formula is C25H34O6. The van der Waals surface area contributed by atoms with E-state index in [1.807, 2.05) is 34.6 Å². The van der Waals surface area contributed by atoms with Crippen LogP contribution in [0.1, 0.15) is 70.7 Å². The number of hydrogen-bond donors (Lipinski definition) is 1. The number of benzene rings is 1. The zero-order valence-electron chi connectivity index (χ0n) is 19.4. The van der Waals surface area contributed by atoms with E-state index in [1.165, 1.54) is 19.2 Å².